The Bertz CT molecular complexity index is 1160. The first-order valence-corrected chi connectivity index (χ1v) is 12.5. The number of nitrogens with one attached hydrogen (secondary N) is 1. The standard InChI is InChI=1S/C29H35N3O5/c1-20(2)18-24(26(35)30-17-16-25(33)34)32-27(36)29(3,4)31(28(32)37)19-23-14-12-22(13-15-23)11-10-21-8-6-5-7-9-21/h5-15,20,24H,16-19H2,1-4H3,(H,30,35)(H,33,34)/b11-10+/t24-/m1/s1. The van der Waals surface area contributed by atoms with Gasteiger partial charge in [0, 0.05) is 13.1 Å². The molecule has 1 fully saturated rings. The van der Waals surface area contributed by atoms with E-state index in [1.165, 1.54) is 4.90 Å². The first-order chi connectivity index (χ1) is 17.5. The predicted octanol–water partition coefficient (Wildman–Crippen LogP) is 4.41. The first-order valence-electron chi connectivity index (χ1n) is 12.5. The van der Waals surface area contributed by atoms with Crippen molar-refractivity contribution in [1.82, 2.24) is 15.1 Å². The second-order valence-corrected chi connectivity index (χ2v) is 10.2. The Balaban J connectivity index is 1.76. The number of hydrogen-bond donors (Lipinski definition) is 2. The Morgan fingerprint density at radius 1 is 0.973 bits per heavy atom. The number of aliphatic carboxylic acids is 1. The van der Waals surface area contributed by atoms with Crippen LogP contribution in [0.3, 0.4) is 0 Å². The van der Waals surface area contributed by atoms with Gasteiger partial charge in [-0.3, -0.25) is 14.4 Å². The molecule has 8 nitrogen and oxygen atoms in total. The lowest BCUT2D eigenvalue weighted by Gasteiger charge is -2.27. The molecule has 0 radical (unpaired) electrons. The van der Waals surface area contributed by atoms with Gasteiger partial charge in [0.05, 0.1) is 6.42 Å². The number of nitrogens with zero attached hydrogens (tertiary/aromatic N) is 2. The van der Waals surface area contributed by atoms with Crippen LogP contribution in [0.1, 0.15) is 57.2 Å². The average molecular weight is 506 g/mol. The smallest absolute Gasteiger partial charge is 0.328 e. The maximum Gasteiger partial charge on any atom is 0.328 e. The van der Waals surface area contributed by atoms with Gasteiger partial charge in [-0.1, -0.05) is 80.6 Å². The van der Waals surface area contributed by atoms with Gasteiger partial charge >= 0.3 is 12.0 Å². The van der Waals surface area contributed by atoms with Crippen LogP contribution in [0.5, 0.6) is 0 Å². The highest BCUT2D eigenvalue weighted by atomic mass is 16.4. The molecule has 1 aliphatic heterocycles. The molecule has 3 rings (SSSR count). The summed E-state index contributed by atoms with van der Waals surface area (Å²) in [6.07, 6.45) is 4.07. The van der Waals surface area contributed by atoms with Crippen molar-refractivity contribution in [3.05, 3.63) is 71.3 Å². The zero-order valence-electron chi connectivity index (χ0n) is 21.8. The number of carbonyl (C=O) groups is 4. The van der Waals surface area contributed by atoms with Crippen molar-refractivity contribution in [2.75, 3.05) is 6.54 Å². The number of amides is 4. The van der Waals surface area contributed by atoms with Crippen molar-refractivity contribution >= 4 is 36.0 Å². The third kappa shape index (κ3) is 6.84. The van der Waals surface area contributed by atoms with Gasteiger partial charge in [-0.2, -0.15) is 0 Å². The lowest BCUT2D eigenvalue weighted by Crippen LogP contribution is -2.51. The van der Waals surface area contributed by atoms with Crippen molar-refractivity contribution in [2.24, 2.45) is 5.92 Å². The van der Waals surface area contributed by atoms with E-state index in [1.807, 2.05) is 80.6 Å². The van der Waals surface area contributed by atoms with Gasteiger partial charge in [0.2, 0.25) is 5.91 Å². The average Bonchev–Trinajstić information content (AvgIpc) is 3.01. The fourth-order valence-corrected chi connectivity index (χ4v) is 4.27. The van der Waals surface area contributed by atoms with Gasteiger partial charge in [-0.05, 0) is 42.9 Å². The number of benzene rings is 2. The minimum atomic E-state index is -1.14. The van der Waals surface area contributed by atoms with E-state index in [9.17, 15) is 19.2 Å². The molecule has 1 aliphatic rings. The second-order valence-electron chi connectivity index (χ2n) is 10.2. The molecule has 0 saturated carbocycles. The number of carboxylic acids is 1. The van der Waals surface area contributed by atoms with E-state index in [-0.39, 0.29) is 31.8 Å². The third-order valence-corrected chi connectivity index (χ3v) is 6.39. The van der Waals surface area contributed by atoms with Gasteiger partial charge in [0.15, 0.2) is 0 Å². The number of imide groups is 1. The zero-order valence-corrected chi connectivity index (χ0v) is 21.8. The van der Waals surface area contributed by atoms with Crippen LogP contribution in [0.25, 0.3) is 12.2 Å². The molecular weight excluding hydrogens is 470 g/mol. The van der Waals surface area contributed by atoms with Gasteiger partial charge in [0.25, 0.3) is 5.91 Å². The number of urea groups is 1. The summed E-state index contributed by atoms with van der Waals surface area (Å²) in [5.74, 6) is -1.98. The molecule has 1 heterocycles. The molecule has 2 aromatic rings. The summed E-state index contributed by atoms with van der Waals surface area (Å²) in [7, 11) is 0. The van der Waals surface area contributed by atoms with Gasteiger partial charge < -0.3 is 15.3 Å². The highest BCUT2D eigenvalue weighted by Crippen LogP contribution is 2.32. The SMILES string of the molecule is CC(C)C[C@H](C(=O)NCCC(=O)O)N1C(=O)N(Cc2ccc(/C=C/c3ccccc3)cc2)C(C)(C)C1=O. The van der Waals surface area contributed by atoms with Crippen molar-refractivity contribution in [3.8, 4) is 0 Å². The molecule has 1 atom stereocenters. The fraction of sp³-hybridized carbons (Fsp3) is 0.379. The quantitative estimate of drug-likeness (QED) is 0.348. The Morgan fingerprint density at radius 2 is 1.57 bits per heavy atom. The van der Waals surface area contributed by atoms with Crippen molar-refractivity contribution < 1.29 is 24.3 Å². The molecule has 8 heteroatoms. The van der Waals surface area contributed by atoms with E-state index < -0.39 is 35.4 Å². The Hall–Kier alpha value is -3.94. The van der Waals surface area contributed by atoms with E-state index in [1.54, 1.807) is 13.8 Å². The molecule has 4 amide bonds. The summed E-state index contributed by atoms with van der Waals surface area (Å²) in [4.78, 5) is 53.2. The number of carbonyl (C=O) groups excluding carboxylic acids is 3. The van der Waals surface area contributed by atoms with Crippen LogP contribution in [0.15, 0.2) is 54.6 Å². The van der Waals surface area contributed by atoms with Crippen LogP contribution in [0.4, 0.5) is 4.79 Å². The zero-order chi connectivity index (χ0) is 27.2. The van der Waals surface area contributed by atoms with Gasteiger partial charge in [-0.15, -0.1) is 0 Å². The second kappa shape index (κ2) is 11.9. The molecule has 37 heavy (non-hydrogen) atoms. The Kier molecular flexibility index (Phi) is 8.86. The van der Waals surface area contributed by atoms with Crippen LogP contribution in [0.2, 0.25) is 0 Å². The summed E-state index contributed by atoms with van der Waals surface area (Å²) in [6, 6.07) is 16.2. The maximum absolute atomic E-state index is 13.5. The predicted molar refractivity (Wildman–Crippen MR) is 142 cm³/mol. The topological polar surface area (TPSA) is 107 Å². The van der Waals surface area contributed by atoms with Crippen molar-refractivity contribution in [2.45, 2.75) is 58.7 Å². The van der Waals surface area contributed by atoms with Crippen LogP contribution in [0, 0.1) is 5.92 Å². The van der Waals surface area contributed by atoms with E-state index in [0.29, 0.717) is 0 Å². The van der Waals surface area contributed by atoms with Gasteiger partial charge in [-0.25, -0.2) is 9.69 Å². The minimum absolute atomic E-state index is 0.0319. The molecule has 196 valence electrons. The summed E-state index contributed by atoms with van der Waals surface area (Å²) >= 11 is 0. The monoisotopic (exact) mass is 505 g/mol. The summed E-state index contributed by atoms with van der Waals surface area (Å²) in [6.45, 7) is 7.30. The van der Waals surface area contributed by atoms with E-state index >= 15 is 0 Å². The number of hydrogen-bond acceptors (Lipinski definition) is 4. The molecule has 0 unspecified atom stereocenters. The third-order valence-electron chi connectivity index (χ3n) is 6.39. The summed E-state index contributed by atoms with van der Waals surface area (Å²) < 4.78 is 0. The lowest BCUT2D eigenvalue weighted by molar-refractivity contribution is -0.140. The van der Waals surface area contributed by atoms with Crippen molar-refractivity contribution in [3.63, 3.8) is 0 Å². The molecule has 2 N–H and O–H groups in total. The van der Waals surface area contributed by atoms with E-state index in [4.69, 9.17) is 5.11 Å². The molecule has 0 aliphatic carbocycles. The molecule has 0 spiro atoms. The summed E-state index contributed by atoms with van der Waals surface area (Å²) in [5, 5.41) is 11.4. The number of carboxylic acid groups (broad SMARTS) is 1. The highest BCUT2D eigenvalue weighted by Gasteiger charge is 2.54. The Labute approximate surface area is 218 Å². The van der Waals surface area contributed by atoms with Crippen LogP contribution < -0.4 is 5.32 Å². The lowest BCUT2D eigenvalue weighted by atomic mass is 9.99. The van der Waals surface area contributed by atoms with Crippen LogP contribution in [-0.4, -0.2) is 56.8 Å². The fourth-order valence-electron chi connectivity index (χ4n) is 4.27. The van der Waals surface area contributed by atoms with Crippen LogP contribution in [-0.2, 0) is 20.9 Å². The molecule has 1 saturated heterocycles. The Morgan fingerprint density at radius 3 is 2.14 bits per heavy atom. The molecule has 2 aromatic carbocycles. The van der Waals surface area contributed by atoms with Crippen molar-refractivity contribution in [1.29, 1.82) is 0 Å². The summed E-state index contributed by atoms with van der Waals surface area (Å²) in [5.41, 5.74) is 1.82. The molecular formula is C29H35N3O5. The minimum Gasteiger partial charge on any atom is -0.481 e. The van der Waals surface area contributed by atoms with E-state index in [0.717, 1.165) is 21.6 Å². The highest BCUT2D eigenvalue weighted by molar-refractivity contribution is 6.09. The van der Waals surface area contributed by atoms with Crippen LogP contribution >= 0.6 is 0 Å². The maximum atomic E-state index is 13.5. The first kappa shape index (κ1) is 27.6. The molecule has 0 aromatic heterocycles. The molecule has 0 bridgehead atoms. The normalized spacial score (nSPS) is 16.0. The van der Waals surface area contributed by atoms with E-state index in [2.05, 4.69) is 5.32 Å². The number of rotatable bonds is 11. The largest absolute Gasteiger partial charge is 0.481 e. The van der Waals surface area contributed by atoms with Gasteiger partial charge in [0.1, 0.15) is 11.6 Å².